The van der Waals surface area contributed by atoms with Crippen molar-refractivity contribution in [1.82, 2.24) is 5.32 Å². The van der Waals surface area contributed by atoms with Crippen molar-refractivity contribution >= 4 is 21.6 Å². The molecule has 1 N–H and O–H groups in total. The molecule has 7 nitrogen and oxygen atoms in total. The van der Waals surface area contributed by atoms with Crippen molar-refractivity contribution in [2.24, 2.45) is 0 Å². The molecule has 162 valence electrons. The zero-order valence-corrected chi connectivity index (χ0v) is 18.4. The Kier molecular flexibility index (Phi) is 6.87. The summed E-state index contributed by atoms with van der Waals surface area (Å²) in [6.45, 7) is 6.33. The van der Waals surface area contributed by atoms with Gasteiger partial charge in [-0.1, -0.05) is 31.0 Å². The number of amides is 1. The lowest BCUT2D eigenvalue weighted by molar-refractivity contribution is -0.120. The SMILES string of the molecule is CCC[C@H](C)NC(=O)CN(c1ccc(C)cc1)S(=O)(=O)c1ccc2c(c1)OCCO2. The third kappa shape index (κ3) is 5.05. The van der Waals surface area contributed by atoms with Gasteiger partial charge in [0.05, 0.1) is 10.6 Å². The van der Waals surface area contributed by atoms with Gasteiger partial charge in [-0.3, -0.25) is 9.10 Å². The third-order valence-electron chi connectivity index (χ3n) is 4.84. The minimum absolute atomic E-state index is 0.0284. The Bertz CT molecular complexity index is 989. The maximum atomic E-state index is 13.5. The second kappa shape index (κ2) is 9.38. The molecule has 0 aromatic heterocycles. The van der Waals surface area contributed by atoms with E-state index in [1.165, 1.54) is 12.1 Å². The van der Waals surface area contributed by atoms with E-state index in [2.05, 4.69) is 5.32 Å². The van der Waals surface area contributed by atoms with Crippen LogP contribution in [0.4, 0.5) is 5.69 Å². The van der Waals surface area contributed by atoms with Gasteiger partial charge in [-0.2, -0.15) is 0 Å². The molecule has 1 atom stereocenters. The largest absolute Gasteiger partial charge is 0.486 e. The molecule has 0 bridgehead atoms. The highest BCUT2D eigenvalue weighted by Gasteiger charge is 2.29. The minimum Gasteiger partial charge on any atom is -0.486 e. The van der Waals surface area contributed by atoms with Gasteiger partial charge in [0.2, 0.25) is 5.91 Å². The number of hydrogen-bond acceptors (Lipinski definition) is 5. The first-order valence-corrected chi connectivity index (χ1v) is 11.5. The van der Waals surface area contributed by atoms with Crippen LogP contribution in [0, 0.1) is 6.92 Å². The van der Waals surface area contributed by atoms with Crippen LogP contribution in [0.1, 0.15) is 32.3 Å². The van der Waals surface area contributed by atoms with E-state index >= 15 is 0 Å². The Morgan fingerprint density at radius 1 is 1.10 bits per heavy atom. The van der Waals surface area contributed by atoms with E-state index in [0.29, 0.717) is 30.4 Å². The number of fused-ring (bicyclic) bond motifs is 1. The average molecular weight is 433 g/mol. The maximum Gasteiger partial charge on any atom is 0.264 e. The number of sulfonamides is 1. The number of carbonyl (C=O) groups is 1. The third-order valence-corrected chi connectivity index (χ3v) is 6.61. The lowest BCUT2D eigenvalue weighted by Gasteiger charge is -2.26. The number of hydrogen-bond donors (Lipinski definition) is 1. The summed E-state index contributed by atoms with van der Waals surface area (Å²) >= 11 is 0. The van der Waals surface area contributed by atoms with Gasteiger partial charge >= 0.3 is 0 Å². The van der Waals surface area contributed by atoms with Gasteiger partial charge in [-0.15, -0.1) is 0 Å². The molecule has 0 spiro atoms. The van der Waals surface area contributed by atoms with Crippen molar-refractivity contribution in [3.63, 3.8) is 0 Å². The van der Waals surface area contributed by atoms with Crippen molar-refractivity contribution in [2.45, 2.75) is 44.6 Å². The second-order valence-corrected chi connectivity index (χ2v) is 9.27. The number of anilines is 1. The number of ether oxygens (including phenoxy) is 2. The van der Waals surface area contributed by atoms with Gasteiger partial charge in [0, 0.05) is 12.1 Å². The molecule has 0 saturated heterocycles. The first-order valence-electron chi connectivity index (χ1n) is 10.1. The highest BCUT2D eigenvalue weighted by atomic mass is 32.2. The fourth-order valence-electron chi connectivity index (χ4n) is 3.29. The van der Waals surface area contributed by atoms with Crippen LogP contribution in [0.25, 0.3) is 0 Å². The van der Waals surface area contributed by atoms with Gasteiger partial charge in [0.15, 0.2) is 11.5 Å². The number of aryl methyl sites for hydroxylation is 1. The van der Waals surface area contributed by atoms with E-state index in [9.17, 15) is 13.2 Å². The summed E-state index contributed by atoms with van der Waals surface area (Å²) in [6, 6.07) is 11.5. The van der Waals surface area contributed by atoms with E-state index in [-0.39, 0.29) is 23.4 Å². The molecule has 0 saturated carbocycles. The van der Waals surface area contributed by atoms with Crippen LogP contribution in [0.2, 0.25) is 0 Å². The average Bonchev–Trinajstić information content (AvgIpc) is 2.72. The lowest BCUT2D eigenvalue weighted by Crippen LogP contribution is -2.43. The summed E-state index contributed by atoms with van der Waals surface area (Å²) < 4.78 is 39.1. The Balaban J connectivity index is 1.94. The summed E-state index contributed by atoms with van der Waals surface area (Å²) in [5.41, 5.74) is 1.42. The zero-order chi connectivity index (χ0) is 21.7. The molecule has 1 heterocycles. The van der Waals surface area contributed by atoms with Crippen molar-refractivity contribution in [3.05, 3.63) is 48.0 Å². The summed E-state index contributed by atoms with van der Waals surface area (Å²) in [5.74, 6) is 0.540. The number of carbonyl (C=O) groups excluding carboxylic acids is 1. The lowest BCUT2D eigenvalue weighted by atomic mass is 10.2. The molecule has 0 radical (unpaired) electrons. The smallest absolute Gasteiger partial charge is 0.264 e. The predicted molar refractivity (Wildman–Crippen MR) is 116 cm³/mol. The summed E-state index contributed by atoms with van der Waals surface area (Å²) in [5, 5.41) is 2.88. The van der Waals surface area contributed by atoms with Crippen LogP contribution in [0.5, 0.6) is 11.5 Å². The van der Waals surface area contributed by atoms with Crippen molar-refractivity contribution in [2.75, 3.05) is 24.1 Å². The standard InChI is InChI=1S/C22H28N2O5S/c1-4-5-17(3)23-22(25)15-24(18-8-6-16(2)7-9-18)30(26,27)19-10-11-20-21(14-19)29-13-12-28-20/h6-11,14,17H,4-5,12-13,15H2,1-3H3,(H,23,25)/t17-/m0/s1. The van der Waals surface area contributed by atoms with Gasteiger partial charge < -0.3 is 14.8 Å². The monoisotopic (exact) mass is 432 g/mol. The number of benzene rings is 2. The van der Waals surface area contributed by atoms with Crippen LogP contribution in [0.3, 0.4) is 0 Å². The topological polar surface area (TPSA) is 84.9 Å². The second-order valence-electron chi connectivity index (χ2n) is 7.41. The van der Waals surface area contributed by atoms with Crippen molar-refractivity contribution < 1.29 is 22.7 Å². The van der Waals surface area contributed by atoms with Crippen molar-refractivity contribution in [3.8, 4) is 11.5 Å². The minimum atomic E-state index is -4.01. The number of nitrogens with one attached hydrogen (secondary N) is 1. The van der Waals surface area contributed by atoms with E-state index in [0.717, 1.165) is 22.7 Å². The molecule has 2 aromatic rings. The molecule has 1 aliphatic heterocycles. The summed E-state index contributed by atoms with van der Waals surface area (Å²) in [7, 11) is -4.01. The Morgan fingerprint density at radius 3 is 2.43 bits per heavy atom. The van der Waals surface area contributed by atoms with E-state index in [1.54, 1.807) is 18.2 Å². The van der Waals surface area contributed by atoms with Crippen molar-refractivity contribution in [1.29, 1.82) is 0 Å². The number of nitrogens with zero attached hydrogens (tertiary/aromatic N) is 1. The van der Waals surface area contributed by atoms with Gasteiger partial charge in [0.25, 0.3) is 10.0 Å². The molecule has 30 heavy (non-hydrogen) atoms. The first kappa shape index (κ1) is 22.0. The van der Waals surface area contributed by atoms with Gasteiger partial charge in [-0.25, -0.2) is 8.42 Å². The summed E-state index contributed by atoms with van der Waals surface area (Å²) in [4.78, 5) is 12.7. The predicted octanol–water partition coefficient (Wildman–Crippen LogP) is 3.27. The zero-order valence-electron chi connectivity index (χ0n) is 17.6. The Labute approximate surface area is 178 Å². The van der Waals surface area contributed by atoms with E-state index in [4.69, 9.17) is 9.47 Å². The highest BCUT2D eigenvalue weighted by Crippen LogP contribution is 2.34. The molecule has 1 amide bonds. The van der Waals surface area contributed by atoms with E-state index < -0.39 is 10.0 Å². The fraction of sp³-hybridized carbons (Fsp3) is 0.409. The van der Waals surface area contributed by atoms with Gasteiger partial charge in [0.1, 0.15) is 19.8 Å². The molecule has 0 fully saturated rings. The molecule has 2 aromatic carbocycles. The molecular weight excluding hydrogens is 404 g/mol. The van der Waals surface area contributed by atoms with Crippen LogP contribution < -0.4 is 19.1 Å². The van der Waals surface area contributed by atoms with Crippen LogP contribution in [-0.2, 0) is 14.8 Å². The normalized spacial score (nSPS) is 14.1. The molecule has 0 aliphatic carbocycles. The quantitative estimate of drug-likeness (QED) is 0.692. The fourth-order valence-corrected chi connectivity index (χ4v) is 4.73. The molecule has 3 rings (SSSR count). The van der Waals surface area contributed by atoms with Crippen LogP contribution in [0.15, 0.2) is 47.4 Å². The Morgan fingerprint density at radius 2 is 1.77 bits per heavy atom. The molecule has 0 unspecified atom stereocenters. The summed E-state index contributed by atoms with van der Waals surface area (Å²) in [6.07, 6.45) is 1.75. The highest BCUT2D eigenvalue weighted by molar-refractivity contribution is 7.92. The Hall–Kier alpha value is -2.74. The van der Waals surface area contributed by atoms with Crippen LogP contribution >= 0.6 is 0 Å². The van der Waals surface area contributed by atoms with E-state index in [1.807, 2.05) is 32.9 Å². The first-order chi connectivity index (χ1) is 14.3. The van der Waals surface area contributed by atoms with Crippen LogP contribution in [-0.4, -0.2) is 40.1 Å². The van der Waals surface area contributed by atoms with Gasteiger partial charge in [-0.05, 0) is 44.5 Å². The number of rotatable bonds is 8. The maximum absolute atomic E-state index is 13.5. The molecular formula is C22H28N2O5S. The molecule has 1 aliphatic rings. The molecule has 8 heteroatoms.